The van der Waals surface area contributed by atoms with Gasteiger partial charge in [-0.2, -0.15) is 0 Å². The predicted octanol–water partition coefficient (Wildman–Crippen LogP) is 4.97. The van der Waals surface area contributed by atoms with Gasteiger partial charge in [0.15, 0.2) is 0 Å². The lowest BCUT2D eigenvalue weighted by Crippen LogP contribution is -2.07. The zero-order valence-electron chi connectivity index (χ0n) is 14.3. The molecule has 1 unspecified atom stereocenters. The Kier molecular flexibility index (Phi) is 5.05. The molecular formula is C20H17BrFN3O2. The van der Waals surface area contributed by atoms with Crippen LogP contribution in [0.1, 0.15) is 30.3 Å². The number of hydrogen-bond acceptors (Lipinski definition) is 3. The summed E-state index contributed by atoms with van der Waals surface area (Å²) in [5, 5.41) is 2.78. The first-order chi connectivity index (χ1) is 13.1. The number of fused-ring (bicyclic) bond motifs is 1. The fourth-order valence-corrected chi connectivity index (χ4v) is 3.42. The normalized spacial score (nSPS) is 17.0. The fraction of sp³-hybridized carbons (Fsp3) is 0.200. The molecule has 0 saturated carbocycles. The van der Waals surface area contributed by atoms with E-state index in [1.807, 2.05) is 12.1 Å². The van der Waals surface area contributed by atoms with Gasteiger partial charge in [-0.1, -0.05) is 15.9 Å². The Balaban J connectivity index is 1.48. The minimum Gasteiger partial charge on any atom is -0.370 e. The number of ether oxygens (including phenoxy) is 1. The summed E-state index contributed by atoms with van der Waals surface area (Å²) in [5.74, 6) is 0.0892. The summed E-state index contributed by atoms with van der Waals surface area (Å²) < 4.78 is 20.1. The molecule has 1 saturated heterocycles. The van der Waals surface area contributed by atoms with Crippen molar-refractivity contribution < 1.29 is 13.9 Å². The maximum atomic E-state index is 13.7. The van der Waals surface area contributed by atoms with Crippen molar-refractivity contribution in [2.24, 2.45) is 0 Å². The van der Waals surface area contributed by atoms with Crippen molar-refractivity contribution in [1.82, 2.24) is 9.97 Å². The summed E-state index contributed by atoms with van der Waals surface area (Å²) in [6.45, 7) is 0.758. The van der Waals surface area contributed by atoms with E-state index >= 15 is 0 Å². The van der Waals surface area contributed by atoms with Gasteiger partial charge >= 0.3 is 0 Å². The number of H-pyrrole nitrogens is 1. The molecule has 2 aromatic carbocycles. The second-order valence-electron chi connectivity index (χ2n) is 6.34. The van der Waals surface area contributed by atoms with E-state index in [0.717, 1.165) is 40.8 Å². The second-order valence-corrected chi connectivity index (χ2v) is 7.26. The van der Waals surface area contributed by atoms with E-state index in [0.29, 0.717) is 11.3 Å². The molecule has 1 aromatic heterocycles. The highest BCUT2D eigenvalue weighted by Gasteiger charge is 2.21. The highest BCUT2D eigenvalue weighted by Crippen LogP contribution is 2.28. The smallest absolute Gasteiger partial charge is 0.248 e. The van der Waals surface area contributed by atoms with Crippen LogP contribution in [0.4, 0.5) is 10.1 Å². The monoisotopic (exact) mass is 429 g/mol. The standard InChI is InChI=1S/C20H17BrFN3O2/c21-13-4-6-15(22)12(10-13)3-8-19(26)23-14-5-7-16-17(11-14)25-20(24-16)18-2-1-9-27-18/h3-8,10-11,18H,1-2,9H2,(H,23,26)(H,24,25)/b8-3+. The van der Waals surface area contributed by atoms with Crippen molar-refractivity contribution >= 4 is 44.6 Å². The van der Waals surface area contributed by atoms with E-state index in [1.165, 1.54) is 18.2 Å². The number of imidazole rings is 1. The number of amides is 1. The molecule has 1 amide bonds. The van der Waals surface area contributed by atoms with Gasteiger partial charge in [0.25, 0.3) is 0 Å². The van der Waals surface area contributed by atoms with Crippen molar-refractivity contribution in [1.29, 1.82) is 0 Å². The summed E-state index contributed by atoms with van der Waals surface area (Å²) >= 11 is 3.29. The largest absolute Gasteiger partial charge is 0.370 e. The summed E-state index contributed by atoms with van der Waals surface area (Å²) in [7, 11) is 0. The minimum atomic E-state index is -0.386. The van der Waals surface area contributed by atoms with Gasteiger partial charge in [0, 0.05) is 28.4 Å². The third-order valence-corrected chi connectivity index (χ3v) is 4.87. The lowest BCUT2D eigenvalue weighted by atomic mass is 10.2. The summed E-state index contributed by atoms with van der Waals surface area (Å²) in [5.41, 5.74) is 2.63. The average Bonchev–Trinajstić information content (AvgIpc) is 3.31. The van der Waals surface area contributed by atoms with Gasteiger partial charge in [0.1, 0.15) is 17.7 Å². The SMILES string of the molecule is O=C(/C=C/c1cc(Br)ccc1F)Nc1ccc2nc(C3CCCO3)[nH]c2c1. The maximum absolute atomic E-state index is 13.7. The van der Waals surface area contributed by atoms with Gasteiger partial charge < -0.3 is 15.0 Å². The number of hydrogen-bond donors (Lipinski definition) is 2. The van der Waals surface area contributed by atoms with Gasteiger partial charge in [-0.05, 0) is 55.3 Å². The number of benzene rings is 2. The van der Waals surface area contributed by atoms with Crippen LogP contribution in [0.15, 0.2) is 46.9 Å². The number of nitrogens with zero attached hydrogens (tertiary/aromatic N) is 1. The Morgan fingerprint density at radius 1 is 1.33 bits per heavy atom. The zero-order valence-corrected chi connectivity index (χ0v) is 15.9. The molecule has 1 fully saturated rings. The molecule has 1 aliphatic heterocycles. The summed E-state index contributed by atoms with van der Waals surface area (Å²) in [6, 6.07) is 10.0. The number of anilines is 1. The van der Waals surface area contributed by atoms with E-state index in [2.05, 4.69) is 31.2 Å². The van der Waals surface area contributed by atoms with Crippen molar-refractivity contribution in [3.63, 3.8) is 0 Å². The molecule has 0 bridgehead atoms. The van der Waals surface area contributed by atoms with Gasteiger partial charge in [-0.25, -0.2) is 9.37 Å². The van der Waals surface area contributed by atoms with Crippen LogP contribution >= 0.6 is 15.9 Å². The highest BCUT2D eigenvalue weighted by molar-refractivity contribution is 9.10. The van der Waals surface area contributed by atoms with Gasteiger partial charge in [-0.3, -0.25) is 4.79 Å². The van der Waals surface area contributed by atoms with E-state index in [9.17, 15) is 9.18 Å². The molecule has 138 valence electrons. The van der Waals surface area contributed by atoms with Crippen molar-refractivity contribution in [3.05, 3.63) is 64.2 Å². The van der Waals surface area contributed by atoms with E-state index in [-0.39, 0.29) is 17.8 Å². The van der Waals surface area contributed by atoms with Gasteiger partial charge in [0.05, 0.1) is 11.0 Å². The summed E-state index contributed by atoms with van der Waals surface area (Å²) in [4.78, 5) is 20.0. The Bertz CT molecular complexity index is 1030. The molecule has 0 spiro atoms. The molecule has 2 heterocycles. The molecule has 3 aromatic rings. The Labute approximate surface area is 163 Å². The molecule has 1 aliphatic rings. The lowest BCUT2D eigenvalue weighted by Gasteiger charge is -2.03. The Morgan fingerprint density at radius 2 is 2.22 bits per heavy atom. The van der Waals surface area contributed by atoms with Crippen LogP contribution in [0.3, 0.4) is 0 Å². The van der Waals surface area contributed by atoms with Crippen molar-refractivity contribution in [2.75, 3.05) is 11.9 Å². The zero-order chi connectivity index (χ0) is 18.8. The van der Waals surface area contributed by atoms with Gasteiger partial charge in [0.2, 0.25) is 5.91 Å². The van der Waals surface area contributed by atoms with E-state index in [1.54, 1.807) is 18.2 Å². The van der Waals surface area contributed by atoms with E-state index in [4.69, 9.17) is 4.74 Å². The molecule has 27 heavy (non-hydrogen) atoms. The molecule has 1 atom stereocenters. The Morgan fingerprint density at radius 3 is 3.04 bits per heavy atom. The van der Waals surface area contributed by atoms with Crippen LogP contribution in [0.2, 0.25) is 0 Å². The average molecular weight is 430 g/mol. The first kappa shape index (κ1) is 17.9. The first-order valence-electron chi connectivity index (χ1n) is 8.64. The number of nitrogens with one attached hydrogen (secondary N) is 2. The minimum absolute atomic E-state index is 0.0125. The van der Waals surface area contributed by atoms with Crippen LogP contribution in [0, 0.1) is 5.82 Å². The molecule has 5 nitrogen and oxygen atoms in total. The number of carbonyl (C=O) groups is 1. The lowest BCUT2D eigenvalue weighted by molar-refractivity contribution is -0.111. The third-order valence-electron chi connectivity index (χ3n) is 4.37. The Hall–Kier alpha value is -2.51. The fourth-order valence-electron chi connectivity index (χ4n) is 3.04. The van der Waals surface area contributed by atoms with Crippen molar-refractivity contribution in [2.45, 2.75) is 18.9 Å². The highest BCUT2D eigenvalue weighted by atomic mass is 79.9. The third kappa shape index (κ3) is 4.09. The molecule has 0 aliphatic carbocycles. The molecule has 7 heteroatoms. The number of rotatable bonds is 4. The molecule has 4 rings (SSSR count). The predicted molar refractivity (Wildman–Crippen MR) is 106 cm³/mol. The quantitative estimate of drug-likeness (QED) is 0.575. The molecule has 2 N–H and O–H groups in total. The number of carbonyl (C=O) groups excluding carboxylic acids is 1. The second kappa shape index (κ2) is 7.62. The van der Waals surface area contributed by atoms with Crippen LogP contribution in [-0.4, -0.2) is 22.5 Å². The molecular weight excluding hydrogens is 413 g/mol. The maximum Gasteiger partial charge on any atom is 0.248 e. The van der Waals surface area contributed by atoms with Crippen LogP contribution < -0.4 is 5.32 Å². The number of aromatic nitrogens is 2. The topological polar surface area (TPSA) is 67.0 Å². The number of halogens is 2. The van der Waals surface area contributed by atoms with Crippen LogP contribution in [0.25, 0.3) is 17.1 Å². The number of aromatic amines is 1. The van der Waals surface area contributed by atoms with Crippen molar-refractivity contribution in [3.8, 4) is 0 Å². The van der Waals surface area contributed by atoms with Gasteiger partial charge in [-0.15, -0.1) is 0 Å². The van der Waals surface area contributed by atoms with E-state index < -0.39 is 0 Å². The van der Waals surface area contributed by atoms with Crippen LogP contribution in [-0.2, 0) is 9.53 Å². The molecule has 0 radical (unpaired) electrons. The van der Waals surface area contributed by atoms with Crippen LogP contribution in [0.5, 0.6) is 0 Å². The first-order valence-corrected chi connectivity index (χ1v) is 9.43. The summed E-state index contributed by atoms with van der Waals surface area (Å²) in [6.07, 6.45) is 4.76.